The van der Waals surface area contributed by atoms with Gasteiger partial charge in [-0.1, -0.05) is 97.0 Å². The van der Waals surface area contributed by atoms with Crippen LogP contribution < -0.4 is 41.8 Å². The molecule has 0 aliphatic rings. The van der Waals surface area contributed by atoms with Crippen LogP contribution in [-0.4, -0.2) is 45.3 Å². The average molecular weight is 928 g/mol. The Kier molecular flexibility index (Phi) is 16.1. The maximum Gasteiger partial charge on any atom is 0.247 e. The van der Waals surface area contributed by atoms with Crippen molar-refractivity contribution < 1.29 is 19.1 Å². The molecule has 0 unspecified atom stereocenters. The zero-order valence-corrected chi connectivity index (χ0v) is 37.2. The second-order valence-corrected chi connectivity index (χ2v) is 14.7. The molecule has 0 saturated carbocycles. The maximum atomic E-state index is 11.6. The minimum absolute atomic E-state index is 0.309. The number of benzene rings is 6. The molecule has 2 aromatic heterocycles. The molecular formula is C48H41Cl3N10O4. The number of amides is 1. The van der Waals surface area contributed by atoms with Crippen LogP contribution in [0.4, 0.5) is 57.7 Å². The minimum Gasteiger partial charge on any atom is -0.495 e. The van der Waals surface area contributed by atoms with E-state index >= 15 is 0 Å². The quantitative estimate of drug-likeness (QED) is 0.0364. The van der Waals surface area contributed by atoms with Gasteiger partial charge in [0, 0.05) is 22.7 Å². The normalized spacial score (nSPS) is 10.2. The fourth-order valence-electron chi connectivity index (χ4n) is 5.98. The third-order valence-corrected chi connectivity index (χ3v) is 9.75. The molecule has 6 aromatic carbocycles. The Labute approximate surface area is 389 Å². The number of hydrogen-bond donors (Lipinski definition) is 6. The smallest absolute Gasteiger partial charge is 0.247 e. The molecule has 8 aromatic rings. The number of carbonyl (C=O) groups is 2. The second kappa shape index (κ2) is 22.4. The molecule has 8 rings (SSSR count). The van der Waals surface area contributed by atoms with Gasteiger partial charge < -0.3 is 41.8 Å². The number of allylic oxidation sites excluding steroid dienone is 1. The zero-order valence-electron chi connectivity index (χ0n) is 34.9. The van der Waals surface area contributed by atoms with Gasteiger partial charge in [0.2, 0.25) is 23.0 Å². The Morgan fingerprint density at radius 2 is 1.03 bits per heavy atom. The number of anilines is 10. The molecule has 0 spiro atoms. The first-order chi connectivity index (χ1) is 31.4. The number of nitrogens with zero attached hydrogens (tertiary/aromatic N) is 4. The average Bonchev–Trinajstić information content (AvgIpc) is 3.31. The van der Waals surface area contributed by atoms with E-state index in [2.05, 4.69) is 77.9 Å². The summed E-state index contributed by atoms with van der Waals surface area (Å²) >= 11 is 17.3. The lowest BCUT2D eigenvalue weighted by molar-refractivity contribution is -0.112. The minimum atomic E-state index is -0.509. The highest BCUT2D eigenvalue weighted by Gasteiger charge is 2.13. The van der Waals surface area contributed by atoms with E-state index in [-0.39, 0.29) is 5.91 Å². The lowest BCUT2D eigenvalue weighted by Gasteiger charge is -2.14. The van der Waals surface area contributed by atoms with Crippen LogP contribution in [0, 0.1) is 0 Å². The van der Waals surface area contributed by atoms with E-state index in [9.17, 15) is 9.59 Å². The number of nitrogens with one attached hydrogen (secondary N) is 5. The predicted octanol–water partition coefficient (Wildman–Crippen LogP) is 12.2. The molecule has 2 heterocycles. The van der Waals surface area contributed by atoms with Crippen molar-refractivity contribution in [2.45, 2.75) is 0 Å². The van der Waals surface area contributed by atoms with Gasteiger partial charge in [0.05, 0.1) is 38.0 Å². The summed E-state index contributed by atoms with van der Waals surface area (Å²) in [5.41, 5.74) is 10.0. The number of aromatic nitrogens is 4. The fourth-order valence-corrected chi connectivity index (χ4v) is 6.26. The third kappa shape index (κ3) is 13.1. The number of methoxy groups -OCH3 is 2. The number of nitrogens with two attached hydrogens (primary N) is 1. The number of ether oxygens (including phenoxy) is 2. The Bertz CT molecular complexity index is 3010. The first-order valence-corrected chi connectivity index (χ1v) is 20.6. The summed E-state index contributed by atoms with van der Waals surface area (Å²) in [6, 6.07) is 38.8. The number of carbonyl (C=O) groups excluding carboxylic acids is 2. The van der Waals surface area contributed by atoms with Gasteiger partial charge in [-0.2, -0.15) is 9.97 Å². The van der Waals surface area contributed by atoms with E-state index < -0.39 is 5.24 Å². The van der Waals surface area contributed by atoms with Crippen molar-refractivity contribution in [1.29, 1.82) is 0 Å². The summed E-state index contributed by atoms with van der Waals surface area (Å²) in [6.07, 6.45) is 5.29. The summed E-state index contributed by atoms with van der Waals surface area (Å²) in [5.74, 6) is 2.51. The molecule has 0 atom stereocenters. The summed E-state index contributed by atoms with van der Waals surface area (Å²) in [4.78, 5) is 38.6. The van der Waals surface area contributed by atoms with Crippen molar-refractivity contribution in [3.63, 3.8) is 0 Å². The van der Waals surface area contributed by atoms with Gasteiger partial charge in [-0.3, -0.25) is 9.59 Å². The molecule has 0 saturated heterocycles. The molecule has 0 aliphatic carbocycles. The van der Waals surface area contributed by atoms with Crippen LogP contribution >= 0.6 is 34.8 Å². The maximum absolute atomic E-state index is 11.6. The van der Waals surface area contributed by atoms with E-state index in [1.807, 2.05) is 66.7 Å². The van der Waals surface area contributed by atoms with Crippen molar-refractivity contribution in [1.82, 2.24) is 19.9 Å². The van der Waals surface area contributed by atoms with Crippen molar-refractivity contribution >= 4 is 125 Å². The molecule has 0 bridgehead atoms. The van der Waals surface area contributed by atoms with Gasteiger partial charge in [-0.15, -0.1) is 0 Å². The Hall–Kier alpha value is -7.91. The highest BCUT2D eigenvalue weighted by Crippen LogP contribution is 2.33. The summed E-state index contributed by atoms with van der Waals surface area (Å²) in [5, 5.41) is 20.3. The third-order valence-electron chi connectivity index (χ3n) is 9.04. The van der Waals surface area contributed by atoms with Crippen molar-refractivity contribution in [3.05, 3.63) is 169 Å². The predicted molar refractivity (Wildman–Crippen MR) is 265 cm³/mol. The summed E-state index contributed by atoms with van der Waals surface area (Å²) < 4.78 is 10.7. The molecule has 0 aliphatic heterocycles. The summed E-state index contributed by atoms with van der Waals surface area (Å²) in [6.45, 7) is 6.54. The van der Waals surface area contributed by atoms with E-state index in [0.29, 0.717) is 67.8 Å². The molecule has 7 N–H and O–H groups in total. The largest absolute Gasteiger partial charge is 0.495 e. The number of hydrogen-bond acceptors (Lipinski definition) is 13. The Morgan fingerprint density at radius 1 is 0.585 bits per heavy atom. The number of fused-ring (bicyclic) bond motifs is 2. The Balaban J connectivity index is 0.000000197. The molecule has 65 heavy (non-hydrogen) atoms. The second-order valence-electron chi connectivity index (χ2n) is 13.5. The number of halogens is 3. The van der Waals surface area contributed by atoms with Gasteiger partial charge in [0.25, 0.3) is 0 Å². The van der Waals surface area contributed by atoms with Crippen LogP contribution in [-0.2, 0) is 9.59 Å². The molecule has 1 amide bonds. The standard InChI is InChI=1S/C24H20ClN5O2.C21H18ClN5O.C3H3ClO/c1-3-22(31)27-18-10-11-21(32-2)20(13-18)29-24-26-14-19(25)23(30-24)28-17-9-8-15-6-4-5-7-16(15)12-17;1-28-19-9-7-15(23)11-18(19)26-21-24-12-17(22)20(27-21)25-16-8-6-13-4-2-3-5-14(13)10-16;1-2-3(4)5/h3-14H,1H2,2H3,(H,27,31)(H2,26,28,29,30);2-12H,23H2,1H3,(H2,24,25,26,27);2H,1H2. The SMILES string of the molecule is C=CC(=O)Cl.C=CC(=O)Nc1ccc(OC)c(Nc2ncc(Cl)c(Nc3ccc4ccccc4c3)n2)c1.COc1ccc(N)cc1Nc1ncc(Cl)c(Nc2ccc3ccccc3c2)n1. The first-order valence-electron chi connectivity index (χ1n) is 19.4. The monoisotopic (exact) mass is 926 g/mol. The van der Waals surface area contributed by atoms with Gasteiger partial charge in [0.1, 0.15) is 21.5 Å². The van der Waals surface area contributed by atoms with E-state index in [0.717, 1.165) is 39.0 Å². The van der Waals surface area contributed by atoms with Crippen molar-refractivity contribution in [3.8, 4) is 11.5 Å². The van der Waals surface area contributed by atoms with Gasteiger partial charge in [-0.05, 0) is 106 Å². The van der Waals surface area contributed by atoms with Gasteiger partial charge >= 0.3 is 0 Å². The van der Waals surface area contributed by atoms with Crippen LogP contribution in [0.25, 0.3) is 21.5 Å². The van der Waals surface area contributed by atoms with Crippen molar-refractivity contribution in [2.24, 2.45) is 0 Å². The lowest BCUT2D eigenvalue weighted by Crippen LogP contribution is -2.08. The molecule has 17 heteroatoms. The van der Waals surface area contributed by atoms with Gasteiger partial charge in [-0.25, -0.2) is 9.97 Å². The van der Waals surface area contributed by atoms with Crippen LogP contribution in [0.1, 0.15) is 0 Å². The molecule has 0 radical (unpaired) electrons. The van der Waals surface area contributed by atoms with Crippen LogP contribution in [0.5, 0.6) is 11.5 Å². The van der Waals surface area contributed by atoms with Crippen LogP contribution in [0.15, 0.2) is 159 Å². The van der Waals surface area contributed by atoms with E-state index in [1.165, 1.54) is 12.3 Å². The van der Waals surface area contributed by atoms with E-state index in [4.69, 9.17) is 50.0 Å². The van der Waals surface area contributed by atoms with Crippen LogP contribution in [0.2, 0.25) is 10.0 Å². The molecule has 328 valence electrons. The fraction of sp³-hybridized carbons (Fsp3) is 0.0417. The lowest BCUT2D eigenvalue weighted by atomic mass is 10.1. The topological polar surface area (TPSA) is 190 Å². The molecule has 14 nitrogen and oxygen atoms in total. The Morgan fingerprint density at radius 3 is 1.49 bits per heavy atom. The highest BCUT2D eigenvalue weighted by atomic mass is 35.5. The molecule has 0 fully saturated rings. The van der Waals surface area contributed by atoms with E-state index in [1.54, 1.807) is 56.8 Å². The summed E-state index contributed by atoms with van der Waals surface area (Å²) in [7, 11) is 3.14. The zero-order chi connectivity index (χ0) is 46.3. The number of rotatable bonds is 13. The number of nitrogen functional groups attached to an aromatic ring is 1. The van der Waals surface area contributed by atoms with Crippen LogP contribution in [0.3, 0.4) is 0 Å². The highest BCUT2D eigenvalue weighted by molar-refractivity contribution is 6.66. The van der Waals surface area contributed by atoms with Crippen molar-refractivity contribution in [2.75, 3.05) is 46.5 Å². The molecular weight excluding hydrogens is 887 g/mol. The van der Waals surface area contributed by atoms with Gasteiger partial charge in [0.15, 0.2) is 11.6 Å². The first kappa shape index (κ1) is 46.6.